The molecule has 1 heterocycles. The lowest BCUT2D eigenvalue weighted by Gasteiger charge is -2.16. The summed E-state index contributed by atoms with van der Waals surface area (Å²) >= 11 is 0. The van der Waals surface area contributed by atoms with Crippen LogP contribution in [0.25, 0.3) is 0 Å². The summed E-state index contributed by atoms with van der Waals surface area (Å²) in [6.45, 7) is 3.67. The van der Waals surface area contributed by atoms with Crippen molar-refractivity contribution in [3.8, 4) is 0 Å². The van der Waals surface area contributed by atoms with Gasteiger partial charge in [0.2, 0.25) is 11.8 Å². The first-order valence-corrected chi connectivity index (χ1v) is 8.82. The fraction of sp³-hybridized carbons (Fsp3) is 0.286. The first-order valence-electron chi connectivity index (χ1n) is 8.82. The number of rotatable bonds is 6. The Morgan fingerprint density at radius 2 is 1.78 bits per heavy atom. The molecule has 5 nitrogen and oxygen atoms in total. The number of halogens is 1. The third kappa shape index (κ3) is 4.05. The van der Waals surface area contributed by atoms with Crippen LogP contribution in [0.4, 0.5) is 15.8 Å². The molecule has 2 aromatic carbocycles. The summed E-state index contributed by atoms with van der Waals surface area (Å²) in [5.74, 6) is -0.774. The monoisotopic (exact) mass is 368 g/mol. The third-order valence-electron chi connectivity index (χ3n) is 4.77. The Hall–Kier alpha value is -3.02. The highest BCUT2D eigenvalue weighted by molar-refractivity contribution is 6.06. The molecule has 0 spiro atoms. The number of amides is 2. The third-order valence-corrected chi connectivity index (χ3v) is 4.77. The SMILES string of the molecule is CC1(C)C(=O)Nc2ccc(NC(=O)CCCC(=O)c3ccc(F)cc3)cc21. The van der Waals surface area contributed by atoms with Crippen molar-refractivity contribution in [3.63, 3.8) is 0 Å². The molecule has 1 aliphatic heterocycles. The minimum Gasteiger partial charge on any atom is -0.326 e. The van der Waals surface area contributed by atoms with E-state index in [0.29, 0.717) is 17.7 Å². The smallest absolute Gasteiger partial charge is 0.234 e. The Morgan fingerprint density at radius 1 is 1.07 bits per heavy atom. The van der Waals surface area contributed by atoms with Crippen LogP contribution >= 0.6 is 0 Å². The highest BCUT2D eigenvalue weighted by Gasteiger charge is 2.38. The maximum absolute atomic E-state index is 12.9. The van der Waals surface area contributed by atoms with Crippen molar-refractivity contribution >= 4 is 29.0 Å². The first kappa shape index (κ1) is 18.8. The molecule has 2 aromatic rings. The maximum atomic E-state index is 12.9. The van der Waals surface area contributed by atoms with Gasteiger partial charge in [-0.15, -0.1) is 0 Å². The fourth-order valence-corrected chi connectivity index (χ4v) is 3.06. The van der Waals surface area contributed by atoms with Crippen LogP contribution < -0.4 is 10.6 Å². The summed E-state index contributed by atoms with van der Waals surface area (Å²) in [6.07, 6.45) is 0.817. The predicted octanol–water partition coefficient (Wildman–Crippen LogP) is 4.05. The number of ketones is 1. The topological polar surface area (TPSA) is 75.3 Å². The number of carbonyl (C=O) groups excluding carboxylic acids is 3. The molecule has 0 radical (unpaired) electrons. The van der Waals surface area contributed by atoms with Gasteiger partial charge in [-0.2, -0.15) is 0 Å². The second kappa shape index (κ2) is 7.31. The zero-order chi connectivity index (χ0) is 19.6. The average Bonchev–Trinajstić information content (AvgIpc) is 2.85. The summed E-state index contributed by atoms with van der Waals surface area (Å²) in [4.78, 5) is 36.2. The Kier molecular flexibility index (Phi) is 5.08. The van der Waals surface area contributed by atoms with E-state index in [9.17, 15) is 18.8 Å². The van der Waals surface area contributed by atoms with Gasteiger partial charge in [0, 0.05) is 29.8 Å². The molecule has 0 saturated heterocycles. The number of hydrogen-bond acceptors (Lipinski definition) is 3. The van der Waals surface area contributed by atoms with Gasteiger partial charge < -0.3 is 10.6 Å². The van der Waals surface area contributed by atoms with E-state index in [1.54, 1.807) is 18.2 Å². The molecule has 2 N–H and O–H groups in total. The number of fused-ring (bicyclic) bond motifs is 1. The zero-order valence-corrected chi connectivity index (χ0v) is 15.3. The van der Waals surface area contributed by atoms with Crippen molar-refractivity contribution in [2.45, 2.75) is 38.5 Å². The molecule has 2 amide bonds. The largest absolute Gasteiger partial charge is 0.326 e. The van der Waals surface area contributed by atoms with Crippen molar-refractivity contribution in [1.29, 1.82) is 0 Å². The molecular weight excluding hydrogens is 347 g/mol. The zero-order valence-electron chi connectivity index (χ0n) is 15.3. The molecule has 0 atom stereocenters. The number of anilines is 2. The van der Waals surface area contributed by atoms with E-state index in [0.717, 1.165) is 11.3 Å². The Morgan fingerprint density at radius 3 is 2.48 bits per heavy atom. The molecular formula is C21H21FN2O3. The molecule has 0 aromatic heterocycles. The van der Waals surface area contributed by atoms with E-state index in [1.807, 2.05) is 13.8 Å². The highest BCUT2D eigenvalue weighted by Crippen LogP contribution is 2.38. The summed E-state index contributed by atoms with van der Waals surface area (Å²) < 4.78 is 12.9. The standard InChI is InChI=1S/C21H21FN2O3/c1-21(2)16-12-15(10-11-17(16)24-20(21)27)23-19(26)5-3-4-18(25)13-6-8-14(22)9-7-13/h6-12H,3-5H2,1-2H3,(H,23,26)(H,24,27). The van der Waals surface area contributed by atoms with Crippen LogP contribution in [0.3, 0.4) is 0 Å². The summed E-state index contributed by atoms with van der Waals surface area (Å²) in [6, 6.07) is 10.7. The normalized spacial score (nSPS) is 14.4. The molecule has 0 saturated carbocycles. The lowest BCUT2D eigenvalue weighted by molar-refractivity contribution is -0.119. The summed E-state index contributed by atoms with van der Waals surface area (Å²) in [5.41, 5.74) is 2.02. The molecule has 27 heavy (non-hydrogen) atoms. The van der Waals surface area contributed by atoms with Crippen LogP contribution in [0, 0.1) is 5.82 Å². The van der Waals surface area contributed by atoms with E-state index >= 15 is 0 Å². The van der Waals surface area contributed by atoms with Gasteiger partial charge in [-0.25, -0.2) is 4.39 Å². The van der Waals surface area contributed by atoms with Crippen molar-refractivity contribution in [2.75, 3.05) is 10.6 Å². The minimum atomic E-state index is -0.641. The van der Waals surface area contributed by atoms with E-state index in [4.69, 9.17) is 0 Å². The molecule has 0 unspecified atom stereocenters. The summed E-state index contributed by atoms with van der Waals surface area (Å²) in [7, 11) is 0. The Balaban J connectivity index is 1.53. The second-order valence-corrected chi connectivity index (χ2v) is 7.17. The molecule has 0 fully saturated rings. The first-order chi connectivity index (χ1) is 12.8. The van der Waals surface area contributed by atoms with E-state index in [2.05, 4.69) is 10.6 Å². The molecule has 1 aliphatic rings. The van der Waals surface area contributed by atoms with Gasteiger partial charge >= 0.3 is 0 Å². The Bertz CT molecular complexity index is 904. The predicted molar refractivity (Wildman–Crippen MR) is 101 cm³/mol. The van der Waals surface area contributed by atoms with Crippen molar-refractivity contribution < 1.29 is 18.8 Å². The minimum absolute atomic E-state index is 0.0692. The number of hydrogen-bond donors (Lipinski definition) is 2. The van der Waals surface area contributed by atoms with Crippen LogP contribution in [0.2, 0.25) is 0 Å². The van der Waals surface area contributed by atoms with Crippen molar-refractivity contribution in [3.05, 3.63) is 59.4 Å². The molecule has 6 heteroatoms. The second-order valence-electron chi connectivity index (χ2n) is 7.17. The van der Waals surface area contributed by atoms with Gasteiger partial charge in [-0.05, 0) is 68.3 Å². The van der Waals surface area contributed by atoms with Gasteiger partial charge in [0.15, 0.2) is 5.78 Å². The van der Waals surface area contributed by atoms with Crippen LogP contribution in [0.15, 0.2) is 42.5 Å². The van der Waals surface area contributed by atoms with Gasteiger partial charge in [0.05, 0.1) is 5.41 Å². The van der Waals surface area contributed by atoms with Gasteiger partial charge in [0.1, 0.15) is 5.82 Å². The fourth-order valence-electron chi connectivity index (χ4n) is 3.06. The molecule has 0 aliphatic carbocycles. The Labute approximate surface area is 157 Å². The average molecular weight is 368 g/mol. The number of nitrogens with one attached hydrogen (secondary N) is 2. The lowest BCUT2D eigenvalue weighted by atomic mass is 9.86. The van der Waals surface area contributed by atoms with Crippen molar-refractivity contribution in [2.24, 2.45) is 0 Å². The number of benzene rings is 2. The highest BCUT2D eigenvalue weighted by atomic mass is 19.1. The van der Waals surface area contributed by atoms with E-state index < -0.39 is 5.41 Å². The molecule has 140 valence electrons. The quantitative estimate of drug-likeness (QED) is 0.756. The number of Topliss-reactive ketones (excluding diaryl/α,β-unsaturated/α-hetero) is 1. The van der Waals surface area contributed by atoms with Gasteiger partial charge in [0.25, 0.3) is 0 Å². The summed E-state index contributed by atoms with van der Waals surface area (Å²) in [5, 5.41) is 5.63. The van der Waals surface area contributed by atoms with Crippen LogP contribution in [0.5, 0.6) is 0 Å². The lowest BCUT2D eigenvalue weighted by Crippen LogP contribution is -2.26. The van der Waals surface area contributed by atoms with Crippen molar-refractivity contribution in [1.82, 2.24) is 0 Å². The van der Waals surface area contributed by atoms with Gasteiger partial charge in [-0.1, -0.05) is 0 Å². The van der Waals surface area contributed by atoms with E-state index in [1.165, 1.54) is 24.3 Å². The van der Waals surface area contributed by atoms with Gasteiger partial charge in [-0.3, -0.25) is 14.4 Å². The molecule has 0 bridgehead atoms. The van der Waals surface area contributed by atoms with Crippen LogP contribution in [-0.4, -0.2) is 17.6 Å². The van der Waals surface area contributed by atoms with E-state index in [-0.39, 0.29) is 36.3 Å². The number of carbonyl (C=O) groups is 3. The van der Waals surface area contributed by atoms with Crippen LogP contribution in [-0.2, 0) is 15.0 Å². The maximum Gasteiger partial charge on any atom is 0.234 e. The molecule has 3 rings (SSSR count). The van der Waals surface area contributed by atoms with Crippen LogP contribution in [0.1, 0.15) is 49.0 Å².